The third-order valence-corrected chi connectivity index (χ3v) is 6.45. The lowest BCUT2D eigenvalue weighted by Gasteiger charge is -2.04. The van der Waals surface area contributed by atoms with Crippen LogP contribution in [0.1, 0.15) is 12.8 Å². The quantitative estimate of drug-likeness (QED) is 0.523. The van der Waals surface area contributed by atoms with Crippen LogP contribution in [0.15, 0.2) is 51.8 Å². The van der Waals surface area contributed by atoms with Crippen molar-refractivity contribution in [3.05, 3.63) is 57.5 Å². The average molecular weight is 475 g/mol. The second-order valence-corrected chi connectivity index (χ2v) is 9.35. The summed E-state index contributed by atoms with van der Waals surface area (Å²) in [4.78, 5) is 12.2. The zero-order chi connectivity index (χ0) is 21.0. The first-order valence-electron chi connectivity index (χ1n) is 8.32. The molecule has 1 N–H and O–H groups in total. The molecule has 0 saturated carbocycles. The molecule has 0 saturated heterocycles. The van der Waals surface area contributed by atoms with Crippen LogP contribution in [0.5, 0.6) is 0 Å². The van der Waals surface area contributed by atoms with Gasteiger partial charge in [0.15, 0.2) is 9.84 Å². The number of carbonyl (C=O) groups excluding carboxylic acids is 1. The molecule has 0 fully saturated rings. The molecule has 7 nitrogen and oxygen atoms in total. The number of hydrogen-bond acceptors (Lipinski definition) is 6. The number of amides is 1. The van der Waals surface area contributed by atoms with Crippen molar-refractivity contribution in [3.8, 4) is 11.5 Å². The molecule has 1 heterocycles. The second-order valence-electron chi connectivity index (χ2n) is 5.96. The molecule has 0 atom stereocenters. The molecule has 2 aromatic carbocycles. The van der Waals surface area contributed by atoms with E-state index >= 15 is 0 Å². The van der Waals surface area contributed by atoms with Gasteiger partial charge in [-0.2, -0.15) is 0 Å². The van der Waals surface area contributed by atoms with E-state index in [1.54, 1.807) is 18.2 Å². The highest BCUT2D eigenvalue weighted by molar-refractivity contribution is 7.91. The summed E-state index contributed by atoms with van der Waals surface area (Å²) in [6.45, 7) is 0. The summed E-state index contributed by atoms with van der Waals surface area (Å²) >= 11 is 17.8. The van der Waals surface area contributed by atoms with E-state index in [1.165, 1.54) is 24.3 Å². The topological polar surface area (TPSA) is 102 Å². The number of nitrogens with one attached hydrogen (secondary N) is 1. The van der Waals surface area contributed by atoms with Gasteiger partial charge in [0.05, 0.1) is 21.2 Å². The van der Waals surface area contributed by atoms with Crippen LogP contribution in [0, 0.1) is 0 Å². The van der Waals surface area contributed by atoms with Crippen LogP contribution in [0.4, 0.5) is 6.01 Å². The maximum atomic E-state index is 12.3. The lowest BCUT2D eigenvalue weighted by atomic mass is 10.2. The Hall–Kier alpha value is -2.13. The Labute approximate surface area is 181 Å². The van der Waals surface area contributed by atoms with Gasteiger partial charge in [-0.15, -0.1) is 5.10 Å². The van der Waals surface area contributed by atoms with Crippen molar-refractivity contribution in [1.82, 2.24) is 10.2 Å². The Morgan fingerprint density at radius 2 is 1.69 bits per heavy atom. The monoisotopic (exact) mass is 473 g/mol. The average Bonchev–Trinajstić information content (AvgIpc) is 3.12. The first kappa shape index (κ1) is 21.6. The van der Waals surface area contributed by atoms with E-state index in [2.05, 4.69) is 15.5 Å². The fourth-order valence-electron chi connectivity index (χ4n) is 2.41. The smallest absolute Gasteiger partial charge is 0.322 e. The summed E-state index contributed by atoms with van der Waals surface area (Å²) in [5.74, 6) is -0.545. The van der Waals surface area contributed by atoms with Gasteiger partial charge in [0, 0.05) is 16.5 Å². The van der Waals surface area contributed by atoms with Crippen LogP contribution in [-0.2, 0) is 14.6 Å². The number of benzene rings is 2. The van der Waals surface area contributed by atoms with Crippen molar-refractivity contribution in [3.63, 3.8) is 0 Å². The zero-order valence-electron chi connectivity index (χ0n) is 14.7. The maximum absolute atomic E-state index is 12.3. The van der Waals surface area contributed by atoms with Crippen molar-refractivity contribution < 1.29 is 17.6 Å². The minimum Gasteiger partial charge on any atom is -0.403 e. The summed E-state index contributed by atoms with van der Waals surface area (Å²) in [5, 5.41) is 11.2. The van der Waals surface area contributed by atoms with Crippen molar-refractivity contribution in [2.45, 2.75) is 17.7 Å². The number of halogens is 3. The summed E-state index contributed by atoms with van der Waals surface area (Å²) in [5.41, 5.74) is 0.432. The fourth-order valence-corrected chi connectivity index (χ4v) is 4.22. The molecule has 152 valence electrons. The number of nitrogens with zero attached hydrogens (tertiary/aromatic N) is 2. The zero-order valence-corrected chi connectivity index (χ0v) is 17.8. The normalized spacial score (nSPS) is 11.4. The largest absolute Gasteiger partial charge is 0.403 e. The highest BCUT2D eigenvalue weighted by atomic mass is 35.5. The fraction of sp³-hybridized carbons (Fsp3) is 0.167. The molecule has 0 aliphatic rings. The lowest BCUT2D eigenvalue weighted by Crippen LogP contribution is -2.14. The van der Waals surface area contributed by atoms with Crippen LogP contribution >= 0.6 is 34.8 Å². The molecular formula is C18H14Cl3N3O4S. The van der Waals surface area contributed by atoms with E-state index in [9.17, 15) is 13.2 Å². The van der Waals surface area contributed by atoms with E-state index in [1.807, 2.05) is 0 Å². The number of carbonyl (C=O) groups is 1. The van der Waals surface area contributed by atoms with Crippen LogP contribution in [0.25, 0.3) is 11.5 Å². The summed E-state index contributed by atoms with van der Waals surface area (Å²) in [6.07, 6.45) is 0.0837. The van der Waals surface area contributed by atoms with Gasteiger partial charge in [0.25, 0.3) is 5.89 Å². The Morgan fingerprint density at radius 1 is 1.00 bits per heavy atom. The van der Waals surface area contributed by atoms with Crippen LogP contribution in [-0.4, -0.2) is 30.3 Å². The van der Waals surface area contributed by atoms with Gasteiger partial charge >= 0.3 is 6.01 Å². The second kappa shape index (κ2) is 9.13. The lowest BCUT2D eigenvalue weighted by molar-refractivity contribution is -0.116. The number of anilines is 1. The number of sulfone groups is 1. The Kier molecular flexibility index (Phi) is 6.79. The minimum atomic E-state index is -3.50. The standard InChI is InChI=1S/C18H14Cl3N3O4S/c19-11-3-6-13(7-4-11)29(26,27)9-1-2-16(25)22-18-24-23-17(28-18)14-10-12(20)5-8-15(14)21/h3-8,10H,1-2,9H2,(H,22,24,25). The van der Waals surface area contributed by atoms with E-state index in [0.29, 0.717) is 20.6 Å². The molecule has 1 aromatic heterocycles. The SMILES string of the molecule is O=C(CCCS(=O)(=O)c1ccc(Cl)cc1)Nc1nnc(-c2cc(Cl)ccc2Cl)o1. The first-order chi connectivity index (χ1) is 13.7. The van der Waals surface area contributed by atoms with Gasteiger partial charge in [-0.3, -0.25) is 10.1 Å². The van der Waals surface area contributed by atoms with Gasteiger partial charge in [-0.1, -0.05) is 39.9 Å². The molecular weight excluding hydrogens is 461 g/mol. The van der Waals surface area contributed by atoms with Gasteiger partial charge in [-0.25, -0.2) is 8.42 Å². The van der Waals surface area contributed by atoms with Gasteiger partial charge < -0.3 is 4.42 Å². The maximum Gasteiger partial charge on any atom is 0.322 e. The molecule has 0 unspecified atom stereocenters. The van der Waals surface area contributed by atoms with E-state index in [0.717, 1.165) is 0 Å². The highest BCUT2D eigenvalue weighted by Gasteiger charge is 2.17. The van der Waals surface area contributed by atoms with Crippen molar-refractivity contribution in [2.24, 2.45) is 0 Å². The highest BCUT2D eigenvalue weighted by Crippen LogP contribution is 2.30. The first-order valence-corrected chi connectivity index (χ1v) is 11.1. The van der Waals surface area contributed by atoms with Gasteiger partial charge in [0.1, 0.15) is 0 Å². The molecule has 3 rings (SSSR count). The third kappa shape index (κ3) is 5.70. The van der Waals surface area contributed by atoms with E-state index < -0.39 is 15.7 Å². The molecule has 0 spiro atoms. The Bertz CT molecular complexity index is 1130. The Balaban J connectivity index is 1.56. The minimum absolute atomic E-state index is 0.0392. The number of rotatable bonds is 7. The molecule has 3 aromatic rings. The molecule has 1 amide bonds. The van der Waals surface area contributed by atoms with Gasteiger partial charge in [0.2, 0.25) is 5.91 Å². The predicted octanol–water partition coefficient (Wildman–Crippen LogP) is 4.89. The summed E-state index contributed by atoms with van der Waals surface area (Å²) in [7, 11) is -3.50. The molecule has 0 radical (unpaired) electrons. The molecule has 0 aliphatic heterocycles. The Morgan fingerprint density at radius 3 is 2.41 bits per heavy atom. The van der Waals surface area contributed by atoms with E-state index in [-0.39, 0.29) is 35.4 Å². The van der Waals surface area contributed by atoms with Crippen molar-refractivity contribution in [2.75, 3.05) is 11.1 Å². The van der Waals surface area contributed by atoms with Gasteiger partial charge in [-0.05, 0) is 48.9 Å². The predicted molar refractivity (Wildman–Crippen MR) is 111 cm³/mol. The van der Waals surface area contributed by atoms with Crippen molar-refractivity contribution in [1.29, 1.82) is 0 Å². The molecule has 0 bridgehead atoms. The molecule has 0 aliphatic carbocycles. The summed E-state index contributed by atoms with van der Waals surface area (Å²) in [6, 6.07) is 10.5. The number of aromatic nitrogens is 2. The van der Waals surface area contributed by atoms with Crippen LogP contribution in [0.2, 0.25) is 15.1 Å². The van der Waals surface area contributed by atoms with Crippen molar-refractivity contribution >= 4 is 56.6 Å². The number of hydrogen-bond donors (Lipinski definition) is 1. The van der Waals surface area contributed by atoms with Crippen LogP contribution in [0.3, 0.4) is 0 Å². The van der Waals surface area contributed by atoms with Crippen LogP contribution < -0.4 is 5.32 Å². The third-order valence-electron chi connectivity index (χ3n) is 3.82. The van der Waals surface area contributed by atoms with E-state index in [4.69, 9.17) is 39.2 Å². The molecule has 29 heavy (non-hydrogen) atoms. The molecule has 11 heteroatoms. The summed E-state index contributed by atoms with van der Waals surface area (Å²) < 4.78 is 29.9.